The molecule has 132 valence electrons. The molecule has 2 fully saturated rings. The molecule has 2 aliphatic heterocycles. The van der Waals surface area contributed by atoms with Crippen molar-refractivity contribution in [2.75, 3.05) is 38.1 Å². The molecule has 2 aliphatic rings. The molecule has 0 bridgehead atoms. The first-order valence-corrected chi connectivity index (χ1v) is 9.99. The van der Waals surface area contributed by atoms with E-state index in [1.165, 1.54) is 13.5 Å². The molecule has 7 nitrogen and oxygen atoms in total. The molecule has 24 heavy (non-hydrogen) atoms. The van der Waals surface area contributed by atoms with Crippen LogP contribution in [-0.4, -0.2) is 62.7 Å². The van der Waals surface area contributed by atoms with Gasteiger partial charge in [-0.3, -0.25) is 4.79 Å². The van der Waals surface area contributed by atoms with Gasteiger partial charge in [-0.2, -0.15) is 0 Å². The van der Waals surface area contributed by atoms with Crippen molar-refractivity contribution in [2.24, 2.45) is 0 Å². The monoisotopic (exact) mass is 352 g/mol. The third kappa shape index (κ3) is 3.39. The molecule has 0 radical (unpaired) electrons. The minimum atomic E-state index is -3.31. The van der Waals surface area contributed by atoms with Crippen LogP contribution in [0.3, 0.4) is 0 Å². The summed E-state index contributed by atoms with van der Waals surface area (Å²) in [6, 6.07) is 3.55. The maximum atomic E-state index is 12.8. The number of aromatic nitrogens is 1. The lowest BCUT2D eigenvalue weighted by atomic mass is 10.1. The van der Waals surface area contributed by atoms with Crippen LogP contribution in [0.5, 0.6) is 0 Å². The number of piperidine rings is 1. The Bertz CT molecular complexity index is 701. The summed E-state index contributed by atoms with van der Waals surface area (Å²) in [5.41, 5.74) is 0.571. The lowest BCUT2D eigenvalue weighted by molar-refractivity contribution is 0.0724. The lowest BCUT2D eigenvalue weighted by Crippen LogP contribution is -2.37. The van der Waals surface area contributed by atoms with E-state index in [1.807, 2.05) is 9.80 Å². The number of pyridine rings is 1. The van der Waals surface area contributed by atoms with Gasteiger partial charge in [0.25, 0.3) is 5.91 Å². The number of likely N-dealkylation sites (tertiary alicyclic amines) is 1. The Kier molecular flexibility index (Phi) is 5.05. The molecular formula is C16H24N4O3S. The Morgan fingerprint density at radius 2 is 2.00 bits per heavy atom. The summed E-state index contributed by atoms with van der Waals surface area (Å²) in [5.74, 6) is 0.597. The highest BCUT2D eigenvalue weighted by atomic mass is 32.2. The number of rotatable bonds is 4. The second-order valence-corrected chi connectivity index (χ2v) is 8.50. The topological polar surface area (TPSA) is 82.6 Å². The number of hydrogen-bond acceptors (Lipinski definition) is 5. The summed E-state index contributed by atoms with van der Waals surface area (Å²) >= 11 is 0. The maximum Gasteiger partial charge on any atom is 0.257 e. The van der Waals surface area contributed by atoms with Crippen molar-refractivity contribution in [3.8, 4) is 0 Å². The summed E-state index contributed by atoms with van der Waals surface area (Å²) in [7, 11) is -1.87. The van der Waals surface area contributed by atoms with Gasteiger partial charge in [0.15, 0.2) is 0 Å². The number of nitrogens with one attached hydrogen (secondary N) is 1. The van der Waals surface area contributed by atoms with Gasteiger partial charge in [0.05, 0.1) is 10.8 Å². The average molecular weight is 352 g/mol. The second kappa shape index (κ2) is 7.06. The highest BCUT2D eigenvalue weighted by Gasteiger charge is 2.34. The Balaban J connectivity index is 1.81. The molecule has 3 rings (SSSR count). The van der Waals surface area contributed by atoms with Crippen LogP contribution in [-0.2, 0) is 10.0 Å². The van der Waals surface area contributed by atoms with Gasteiger partial charge >= 0.3 is 0 Å². The fraction of sp³-hybridized carbons (Fsp3) is 0.625. The van der Waals surface area contributed by atoms with E-state index in [0.717, 1.165) is 25.9 Å². The van der Waals surface area contributed by atoms with Gasteiger partial charge in [-0.15, -0.1) is 0 Å². The molecule has 8 heteroatoms. The zero-order chi connectivity index (χ0) is 17.2. The van der Waals surface area contributed by atoms with E-state index in [0.29, 0.717) is 30.9 Å². The minimum Gasteiger partial charge on any atom is -0.355 e. The summed E-state index contributed by atoms with van der Waals surface area (Å²) in [6.45, 7) is 2.51. The first-order valence-electron chi connectivity index (χ1n) is 8.44. The highest BCUT2D eigenvalue weighted by Crippen LogP contribution is 2.26. The average Bonchev–Trinajstić information content (AvgIpc) is 3.13. The van der Waals surface area contributed by atoms with Gasteiger partial charge in [-0.25, -0.2) is 18.1 Å². The molecular weight excluding hydrogens is 328 g/mol. The number of nitrogens with zero attached hydrogens (tertiary/aromatic N) is 3. The summed E-state index contributed by atoms with van der Waals surface area (Å²) in [4.78, 5) is 21.0. The van der Waals surface area contributed by atoms with E-state index in [4.69, 9.17) is 0 Å². The zero-order valence-corrected chi connectivity index (χ0v) is 14.8. The molecule has 0 aliphatic carbocycles. The van der Waals surface area contributed by atoms with E-state index in [1.54, 1.807) is 18.3 Å². The highest BCUT2D eigenvalue weighted by molar-refractivity contribution is 7.90. The van der Waals surface area contributed by atoms with Gasteiger partial charge in [-0.05, 0) is 44.9 Å². The quantitative estimate of drug-likeness (QED) is 0.868. The predicted molar refractivity (Wildman–Crippen MR) is 92.6 cm³/mol. The first kappa shape index (κ1) is 17.2. The number of amides is 1. The van der Waals surface area contributed by atoms with E-state index in [-0.39, 0.29) is 5.91 Å². The van der Waals surface area contributed by atoms with Crippen LogP contribution in [0.2, 0.25) is 0 Å². The van der Waals surface area contributed by atoms with E-state index >= 15 is 0 Å². The van der Waals surface area contributed by atoms with Crippen LogP contribution < -0.4 is 9.62 Å². The third-order valence-corrected chi connectivity index (χ3v) is 6.66. The van der Waals surface area contributed by atoms with Crippen molar-refractivity contribution in [3.05, 3.63) is 23.9 Å². The van der Waals surface area contributed by atoms with Gasteiger partial charge in [-0.1, -0.05) is 0 Å². The number of carbonyl (C=O) groups excluding carboxylic acids is 1. The van der Waals surface area contributed by atoms with E-state index in [2.05, 4.69) is 9.71 Å². The molecule has 1 N–H and O–H groups in total. The van der Waals surface area contributed by atoms with Gasteiger partial charge in [0.1, 0.15) is 5.82 Å². The van der Waals surface area contributed by atoms with Crippen molar-refractivity contribution in [3.63, 3.8) is 0 Å². The Labute approximate surface area is 143 Å². The number of carbonyl (C=O) groups is 1. The van der Waals surface area contributed by atoms with Crippen LogP contribution in [0.15, 0.2) is 18.3 Å². The van der Waals surface area contributed by atoms with Crippen LogP contribution in [0.25, 0.3) is 0 Å². The van der Waals surface area contributed by atoms with Crippen LogP contribution >= 0.6 is 0 Å². The van der Waals surface area contributed by atoms with Crippen LogP contribution in [0.1, 0.15) is 36.0 Å². The largest absolute Gasteiger partial charge is 0.355 e. The smallest absolute Gasteiger partial charge is 0.257 e. The molecule has 0 saturated carbocycles. The van der Waals surface area contributed by atoms with Crippen molar-refractivity contribution in [1.82, 2.24) is 14.6 Å². The molecule has 1 amide bonds. The predicted octanol–water partition coefficient (Wildman–Crippen LogP) is 0.836. The molecule has 0 aromatic carbocycles. The molecule has 0 spiro atoms. The van der Waals surface area contributed by atoms with E-state index < -0.39 is 15.3 Å². The molecule has 3 heterocycles. The maximum absolute atomic E-state index is 12.8. The number of anilines is 1. The molecule has 2 saturated heterocycles. The lowest BCUT2D eigenvalue weighted by Gasteiger charge is -2.28. The second-order valence-electron chi connectivity index (χ2n) is 6.33. The van der Waals surface area contributed by atoms with Gasteiger partial charge in [0, 0.05) is 32.4 Å². The molecule has 1 aromatic heterocycles. The Morgan fingerprint density at radius 1 is 1.25 bits per heavy atom. The van der Waals surface area contributed by atoms with Crippen molar-refractivity contribution in [1.29, 1.82) is 0 Å². The number of sulfonamides is 1. The third-order valence-electron chi connectivity index (χ3n) is 4.83. The molecule has 1 unspecified atom stereocenters. The SMILES string of the molecule is CNS(=O)(=O)C1CCN(c2ncccc2C(=O)N2CCCCC2)C1. The van der Waals surface area contributed by atoms with Crippen LogP contribution in [0, 0.1) is 0 Å². The van der Waals surface area contributed by atoms with Crippen molar-refractivity contribution in [2.45, 2.75) is 30.9 Å². The summed E-state index contributed by atoms with van der Waals surface area (Å²) < 4.78 is 26.4. The fourth-order valence-electron chi connectivity index (χ4n) is 3.42. The standard InChI is InChI=1S/C16H24N4O3S/c1-17-24(22,23)13-7-11-20(12-13)15-14(6-5-8-18-15)16(21)19-9-3-2-4-10-19/h5-6,8,13,17H,2-4,7,9-12H2,1H3. The Hall–Kier alpha value is -1.67. The summed E-state index contributed by atoms with van der Waals surface area (Å²) in [5, 5.41) is -0.470. The normalized spacial score (nSPS) is 22.0. The van der Waals surface area contributed by atoms with Gasteiger partial charge < -0.3 is 9.80 Å². The van der Waals surface area contributed by atoms with Crippen molar-refractivity contribution >= 4 is 21.7 Å². The Morgan fingerprint density at radius 3 is 2.71 bits per heavy atom. The molecule has 1 atom stereocenters. The first-order chi connectivity index (χ1) is 11.5. The fourth-order valence-corrected chi connectivity index (χ4v) is 4.55. The van der Waals surface area contributed by atoms with Crippen molar-refractivity contribution < 1.29 is 13.2 Å². The molecule has 1 aromatic rings. The summed E-state index contributed by atoms with van der Waals surface area (Å²) in [6.07, 6.45) is 5.43. The van der Waals surface area contributed by atoms with Crippen LogP contribution in [0.4, 0.5) is 5.82 Å². The minimum absolute atomic E-state index is 0.00211. The zero-order valence-electron chi connectivity index (χ0n) is 13.9. The van der Waals surface area contributed by atoms with Gasteiger partial charge in [0.2, 0.25) is 10.0 Å². The number of hydrogen-bond donors (Lipinski definition) is 1. The van der Waals surface area contributed by atoms with E-state index in [9.17, 15) is 13.2 Å².